The zero-order chi connectivity index (χ0) is 29.7. The summed E-state index contributed by atoms with van der Waals surface area (Å²) in [5, 5.41) is 14.6. The van der Waals surface area contributed by atoms with Crippen molar-refractivity contribution < 1.29 is 31.1 Å². The summed E-state index contributed by atoms with van der Waals surface area (Å²) < 4.78 is 76.2. The van der Waals surface area contributed by atoms with E-state index in [0.717, 1.165) is 10.9 Å². The number of nitrogens with one attached hydrogen (secondary N) is 1. The second-order valence-electron chi connectivity index (χ2n) is 11.2. The first-order chi connectivity index (χ1) is 19.1. The quantitative estimate of drug-likeness (QED) is 0.387. The van der Waals surface area contributed by atoms with Gasteiger partial charge in [-0.05, 0) is 42.3 Å². The van der Waals surface area contributed by atoms with Crippen LogP contribution in [0.2, 0.25) is 0 Å². The van der Waals surface area contributed by atoms with E-state index in [4.69, 9.17) is 0 Å². The van der Waals surface area contributed by atoms with E-state index in [2.05, 4.69) is 25.3 Å². The Kier molecular flexibility index (Phi) is 7.47. The van der Waals surface area contributed by atoms with Crippen LogP contribution in [-0.4, -0.2) is 82.7 Å². The highest BCUT2D eigenvalue weighted by Gasteiger charge is 2.48. The highest BCUT2D eigenvalue weighted by atomic mass is 32.2. The summed E-state index contributed by atoms with van der Waals surface area (Å²) in [5.74, 6) is 0.252. The molecule has 2 aliphatic rings. The van der Waals surface area contributed by atoms with Gasteiger partial charge in [0.2, 0.25) is 15.8 Å². The van der Waals surface area contributed by atoms with Crippen molar-refractivity contribution in [2.75, 3.05) is 47.0 Å². The average molecular weight is 598 g/mol. The molecule has 222 valence electrons. The second kappa shape index (κ2) is 10.5. The molecule has 5 rings (SSSR count). The third-order valence-electron chi connectivity index (χ3n) is 7.52. The van der Waals surface area contributed by atoms with Crippen molar-refractivity contribution in [1.82, 2.24) is 19.9 Å². The Balaban J connectivity index is 1.37. The minimum absolute atomic E-state index is 0.0428. The number of pyridine rings is 2. The van der Waals surface area contributed by atoms with Crippen LogP contribution in [0.25, 0.3) is 10.8 Å². The predicted molar refractivity (Wildman–Crippen MR) is 147 cm³/mol. The minimum Gasteiger partial charge on any atom is -0.390 e. The number of halogens is 4. The standard InChI is InChI=1S/C26H31F4N7O3S/c1-15(2)18-9-33-23(37-11-16(12-37)13-41(39,40)26(28,29)30)19-10-32-22(8-17(18)19)34-21-4-6-31-24(35-21)36-7-5-20(38)25(3,27)14-36/h4,6,8-10,15-16,20,38H,5,7,11-14H2,1-3H3,(H,31,32,34,35)/t20-,25+/m1/s1. The molecule has 0 bridgehead atoms. The van der Waals surface area contributed by atoms with Crippen molar-refractivity contribution in [3.8, 4) is 0 Å². The number of anilines is 4. The van der Waals surface area contributed by atoms with E-state index in [9.17, 15) is 31.1 Å². The number of nitrogens with zero attached hydrogens (tertiary/aromatic N) is 6. The monoisotopic (exact) mass is 597 g/mol. The molecular weight excluding hydrogens is 566 g/mol. The molecule has 2 atom stereocenters. The van der Waals surface area contributed by atoms with E-state index >= 15 is 0 Å². The van der Waals surface area contributed by atoms with E-state index in [1.165, 1.54) is 6.92 Å². The van der Waals surface area contributed by atoms with Crippen molar-refractivity contribution in [3.63, 3.8) is 0 Å². The van der Waals surface area contributed by atoms with Crippen LogP contribution in [0.4, 0.5) is 41.0 Å². The molecule has 2 aliphatic heterocycles. The van der Waals surface area contributed by atoms with Crippen LogP contribution in [0.3, 0.4) is 0 Å². The number of aliphatic hydroxyl groups excluding tert-OH is 1. The molecule has 10 nitrogen and oxygen atoms in total. The molecule has 2 fully saturated rings. The van der Waals surface area contributed by atoms with Crippen LogP contribution < -0.4 is 15.1 Å². The Morgan fingerprint density at radius 3 is 2.51 bits per heavy atom. The summed E-state index contributed by atoms with van der Waals surface area (Å²) in [4.78, 5) is 21.2. The zero-order valence-electron chi connectivity index (χ0n) is 22.7. The lowest BCUT2D eigenvalue weighted by molar-refractivity contribution is -0.0439. The number of piperidine rings is 1. The number of sulfone groups is 1. The smallest absolute Gasteiger partial charge is 0.390 e. The van der Waals surface area contributed by atoms with Gasteiger partial charge in [-0.2, -0.15) is 18.2 Å². The van der Waals surface area contributed by atoms with E-state index < -0.39 is 38.8 Å². The Hall–Kier alpha value is -3.33. The topological polar surface area (TPSA) is 124 Å². The number of fused-ring (bicyclic) bond motifs is 1. The fourth-order valence-corrected chi connectivity index (χ4v) is 6.21. The number of hydrogen-bond donors (Lipinski definition) is 2. The molecule has 2 N–H and O–H groups in total. The van der Waals surface area contributed by atoms with Crippen LogP contribution in [0.5, 0.6) is 0 Å². The SMILES string of the molecule is CC(C)c1cnc(N2CC(CS(=O)(=O)C(F)(F)F)C2)c2cnc(Nc3ccnc(N4CC[C@@H](O)[C@@](C)(F)C4)n3)cc12. The molecule has 5 heterocycles. The van der Waals surface area contributed by atoms with Crippen LogP contribution in [0, 0.1) is 5.92 Å². The first-order valence-electron chi connectivity index (χ1n) is 13.2. The molecule has 41 heavy (non-hydrogen) atoms. The lowest BCUT2D eigenvalue weighted by Gasteiger charge is -2.40. The Bertz CT molecular complexity index is 1550. The van der Waals surface area contributed by atoms with E-state index in [-0.39, 0.29) is 32.0 Å². The van der Waals surface area contributed by atoms with E-state index in [1.54, 1.807) is 34.5 Å². The predicted octanol–water partition coefficient (Wildman–Crippen LogP) is 3.96. The van der Waals surface area contributed by atoms with Gasteiger partial charge >= 0.3 is 5.51 Å². The fraction of sp³-hybridized carbons (Fsp3) is 0.538. The van der Waals surface area contributed by atoms with Gasteiger partial charge in [-0.25, -0.2) is 27.8 Å². The highest BCUT2D eigenvalue weighted by molar-refractivity contribution is 7.92. The van der Waals surface area contributed by atoms with Crippen LogP contribution >= 0.6 is 0 Å². The molecule has 0 aliphatic carbocycles. The summed E-state index contributed by atoms with van der Waals surface area (Å²) in [5.41, 5.74) is -6.12. The fourth-order valence-electron chi connectivity index (χ4n) is 5.18. The average Bonchev–Trinajstić information content (AvgIpc) is 2.86. The summed E-state index contributed by atoms with van der Waals surface area (Å²) in [6.07, 6.45) is 4.09. The number of hydrogen-bond acceptors (Lipinski definition) is 10. The van der Waals surface area contributed by atoms with E-state index in [1.807, 2.05) is 19.9 Å². The van der Waals surface area contributed by atoms with Gasteiger partial charge in [-0.15, -0.1) is 0 Å². The maximum absolute atomic E-state index is 14.7. The van der Waals surface area contributed by atoms with Gasteiger partial charge in [-0.1, -0.05) is 13.8 Å². The third kappa shape index (κ3) is 5.87. The summed E-state index contributed by atoms with van der Waals surface area (Å²) in [7, 11) is -5.19. The van der Waals surface area contributed by atoms with Gasteiger partial charge in [0.25, 0.3) is 0 Å². The van der Waals surface area contributed by atoms with Crippen molar-refractivity contribution in [1.29, 1.82) is 0 Å². The van der Waals surface area contributed by atoms with Crippen LogP contribution in [0.1, 0.15) is 38.7 Å². The largest absolute Gasteiger partial charge is 0.497 e. The molecule has 3 aromatic rings. The maximum Gasteiger partial charge on any atom is 0.497 e. The normalized spacial score (nSPS) is 22.3. The molecule has 0 unspecified atom stereocenters. The van der Waals surface area contributed by atoms with Crippen molar-refractivity contribution in [3.05, 3.63) is 36.3 Å². The van der Waals surface area contributed by atoms with Gasteiger partial charge in [0.15, 0.2) is 5.67 Å². The molecule has 3 aromatic heterocycles. The third-order valence-corrected chi connectivity index (χ3v) is 9.13. The Morgan fingerprint density at radius 2 is 1.85 bits per heavy atom. The molecule has 0 amide bonds. The minimum atomic E-state index is -5.26. The summed E-state index contributed by atoms with van der Waals surface area (Å²) in [6.45, 7) is 6.00. The number of aromatic nitrogens is 4. The molecule has 0 spiro atoms. The summed E-state index contributed by atoms with van der Waals surface area (Å²) >= 11 is 0. The number of aliphatic hydroxyl groups is 1. The zero-order valence-corrected chi connectivity index (χ0v) is 23.5. The molecular formula is C26H31F4N7O3S. The number of alkyl halides is 4. The molecule has 2 saturated heterocycles. The lowest BCUT2D eigenvalue weighted by Crippen LogP contribution is -2.52. The van der Waals surface area contributed by atoms with Gasteiger partial charge in [0, 0.05) is 49.5 Å². The first-order valence-corrected chi connectivity index (χ1v) is 14.8. The molecule has 0 radical (unpaired) electrons. The van der Waals surface area contributed by atoms with Gasteiger partial charge < -0.3 is 20.2 Å². The Morgan fingerprint density at radius 1 is 1.12 bits per heavy atom. The van der Waals surface area contributed by atoms with E-state index in [0.29, 0.717) is 35.3 Å². The molecule has 15 heteroatoms. The molecule has 0 aromatic carbocycles. The van der Waals surface area contributed by atoms with Crippen molar-refractivity contribution >= 4 is 44.0 Å². The van der Waals surface area contributed by atoms with Crippen LogP contribution in [-0.2, 0) is 9.84 Å². The Labute approximate surface area is 234 Å². The molecule has 0 saturated carbocycles. The maximum atomic E-state index is 14.7. The summed E-state index contributed by atoms with van der Waals surface area (Å²) in [6, 6.07) is 3.48. The van der Waals surface area contributed by atoms with Gasteiger partial charge in [-0.3, -0.25) is 0 Å². The van der Waals surface area contributed by atoms with Gasteiger partial charge in [0.1, 0.15) is 17.5 Å². The van der Waals surface area contributed by atoms with Crippen LogP contribution in [0.15, 0.2) is 30.7 Å². The highest BCUT2D eigenvalue weighted by Crippen LogP contribution is 2.36. The van der Waals surface area contributed by atoms with Gasteiger partial charge in [0.05, 0.1) is 18.4 Å². The number of rotatable bonds is 7. The van der Waals surface area contributed by atoms with Crippen molar-refractivity contribution in [2.24, 2.45) is 5.92 Å². The van der Waals surface area contributed by atoms with Crippen molar-refractivity contribution in [2.45, 2.75) is 50.4 Å². The lowest BCUT2D eigenvalue weighted by atomic mass is 9.94. The second-order valence-corrected chi connectivity index (χ2v) is 13.2. The first kappa shape index (κ1) is 29.2.